The van der Waals surface area contributed by atoms with Gasteiger partial charge >= 0.3 is 0 Å². The Kier molecular flexibility index (Phi) is 2.92. The highest BCUT2D eigenvalue weighted by Gasteiger charge is 2.18. The molecule has 1 N–H and O–H groups in total. The molecular weight excluding hydrogens is 207 g/mol. The Morgan fingerprint density at radius 2 is 2.00 bits per heavy atom. The van der Waals surface area contributed by atoms with Crippen LogP contribution in [0.3, 0.4) is 0 Å². The molecule has 1 unspecified atom stereocenters. The van der Waals surface area contributed by atoms with E-state index >= 15 is 0 Å². The Morgan fingerprint density at radius 1 is 1.43 bits per heavy atom. The van der Waals surface area contributed by atoms with Crippen LogP contribution in [0.5, 0.6) is 0 Å². The second-order valence-electron chi connectivity index (χ2n) is 3.13. The highest BCUT2D eigenvalue weighted by molar-refractivity contribution is 7.85. The van der Waals surface area contributed by atoms with Crippen molar-refractivity contribution in [2.45, 2.75) is 24.9 Å². The minimum Gasteiger partial charge on any atom is -0.282 e. The molecular formula is C9H11FO3S. The van der Waals surface area contributed by atoms with Crippen molar-refractivity contribution < 1.29 is 17.4 Å². The molecule has 0 saturated carbocycles. The molecule has 0 saturated heterocycles. The van der Waals surface area contributed by atoms with Gasteiger partial charge in [-0.3, -0.25) is 4.55 Å². The molecule has 78 valence electrons. The fourth-order valence-corrected chi connectivity index (χ4v) is 1.97. The molecule has 5 heteroatoms. The molecule has 0 bridgehead atoms. The topological polar surface area (TPSA) is 54.4 Å². The zero-order chi connectivity index (χ0) is 10.9. The second-order valence-corrected chi connectivity index (χ2v) is 4.52. The number of aryl methyl sites for hydroxylation is 1. The molecule has 0 aliphatic carbocycles. The van der Waals surface area contributed by atoms with Gasteiger partial charge in [-0.1, -0.05) is 17.7 Å². The van der Waals surface area contributed by atoms with Gasteiger partial charge in [-0.05, 0) is 19.9 Å². The summed E-state index contributed by atoms with van der Waals surface area (Å²) >= 11 is 0. The molecule has 0 radical (unpaired) electrons. The first-order valence-electron chi connectivity index (χ1n) is 4.04. The van der Waals surface area contributed by atoms with E-state index in [0.717, 1.165) is 5.56 Å². The Balaban J connectivity index is 3.45. The van der Waals surface area contributed by atoms with Crippen LogP contribution in [0.25, 0.3) is 0 Å². The van der Waals surface area contributed by atoms with E-state index in [4.69, 9.17) is 4.55 Å². The predicted molar refractivity (Wildman–Crippen MR) is 50.5 cm³/mol. The zero-order valence-electron chi connectivity index (χ0n) is 7.86. The molecule has 1 aromatic rings. The van der Waals surface area contributed by atoms with E-state index in [2.05, 4.69) is 0 Å². The van der Waals surface area contributed by atoms with E-state index in [0.29, 0.717) is 0 Å². The van der Waals surface area contributed by atoms with E-state index in [-0.39, 0.29) is 10.5 Å². The fraction of sp³-hybridized carbons (Fsp3) is 0.333. The molecule has 0 spiro atoms. The van der Waals surface area contributed by atoms with Crippen LogP contribution >= 0.6 is 0 Å². The summed E-state index contributed by atoms with van der Waals surface area (Å²) in [4.78, 5) is -0.363. The summed E-state index contributed by atoms with van der Waals surface area (Å²) in [5, 5.41) is 0. The van der Waals surface area contributed by atoms with Gasteiger partial charge in [0.25, 0.3) is 10.1 Å². The Morgan fingerprint density at radius 3 is 2.43 bits per heavy atom. The molecule has 0 aliphatic heterocycles. The van der Waals surface area contributed by atoms with Crippen LogP contribution in [-0.4, -0.2) is 13.0 Å². The number of benzene rings is 1. The van der Waals surface area contributed by atoms with Crippen LogP contribution in [0.1, 0.15) is 24.2 Å². The molecule has 0 aromatic heterocycles. The lowest BCUT2D eigenvalue weighted by Gasteiger charge is -2.08. The summed E-state index contributed by atoms with van der Waals surface area (Å²) in [6, 6.07) is 4.12. The van der Waals surface area contributed by atoms with Gasteiger partial charge in [-0.2, -0.15) is 8.42 Å². The molecule has 0 heterocycles. The van der Waals surface area contributed by atoms with E-state index in [1.807, 2.05) is 0 Å². The highest BCUT2D eigenvalue weighted by atomic mass is 32.2. The number of rotatable bonds is 2. The van der Waals surface area contributed by atoms with E-state index in [9.17, 15) is 12.8 Å². The van der Waals surface area contributed by atoms with Crippen LogP contribution < -0.4 is 0 Å². The molecule has 14 heavy (non-hydrogen) atoms. The lowest BCUT2D eigenvalue weighted by atomic mass is 10.1. The van der Waals surface area contributed by atoms with Crippen molar-refractivity contribution in [1.82, 2.24) is 0 Å². The molecule has 0 amide bonds. The second kappa shape index (κ2) is 3.67. The van der Waals surface area contributed by atoms with Gasteiger partial charge in [0, 0.05) is 5.56 Å². The van der Waals surface area contributed by atoms with Crippen molar-refractivity contribution in [3.63, 3.8) is 0 Å². The third-order valence-corrected chi connectivity index (χ3v) is 2.80. The SMILES string of the molecule is Cc1ccc(S(=O)(=O)O)c(C(C)F)c1. The summed E-state index contributed by atoms with van der Waals surface area (Å²) in [6.45, 7) is 2.95. The van der Waals surface area contributed by atoms with Gasteiger partial charge in [0.2, 0.25) is 0 Å². The predicted octanol–water partition coefficient (Wildman–Crippen LogP) is 2.27. The average Bonchev–Trinajstić information content (AvgIpc) is 2.01. The standard InChI is InChI=1S/C9H11FO3S/c1-6-3-4-9(14(11,12)13)8(5-6)7(2)10/h3-5,7H,1-2H3,(H,11,12,13). The van der Waals surface area contributed by atoms with Gasteiger partial charge in [0.05, 0.1) is 4.90 Å². The van der Waals surface area contributed by atoms with Crippen LogP contribution in [0.2, 0.25) is 0 Å². The maximum Gasteiger partial charge on any atom is 0.294 e. The van der Waals surface area contributed by atoms with E-state index < -0.39 is 16.3 Å². The summed E-state index contributed by atoms with van der Waals surface area (Å²) in [7, 11) is -4.34. The smallest absolute Gasteiger partial charge is 0.282 e. The van der Waals surface area contributed by atoms with E-state index in [1.165, 1.54) is 25.1 Å². The molecule has 0 fully saturated rings. The highest BCUT2D eigenvalue weighted by Crippen LogP contribution is 2.25. The largest absolute Gasteiger partial charge is 0.294 e. The first-order chi connectivity index (χ1) is 6.32. The number of alkyl halides is 1. The number of halogens is 1. The summed E-state index contributed by atoms with van der Waals surface area (Å²) in [5.74, 6) is 0. The summed E-state index contributed by atoms with van der Waals surface area (Å²) < 4.78 is 43.6. The molecule has 0 aliphatic rings. The third kappa shape index (κ3) is 2.30. The van der Waals surface area contributed by atoms with Crippen LogP contribution in [0.15, 0.2) is 23.1 Å². The minimum absolute atomic E-state index is 0.00694. The quantitative estimate of drug-likeness (QED) is 0.775. The monoisotopic (exact) mass is 218 g/mol. The van der Waals surface area contributed by atoms with Gasteiger partial charge in [0.15, 0.2) is 0 Å². The maximum atomic E-state index is 13.0. The first kappa shape index (κ1) is 11.1. The Hall–Kier alpha value is -0.940. The third-order valence-electron chi connectivity index (χ3n) is 1.87. The minimum atomic E-state index is -4.34. The molecule has 1 aromatic carbocycles. The molecule has 3 nitrogen and oxygen atoms in total. The first-order valence-corrected chi connectivity index (χ1v) is 5.48. The van der Waals surface area contributed by atoms with Crippen molar-refractivity contribution in [1.29, 1.82) is 0 Å². The van der Waals surface area contributed by atoms with Gasteiger partial charge in [0.1, 0.15) is 6.17 Å². The number of hydrogen-bond donors (Lipinski definition) is 1. The van der Waals surface area contributed by atoms with Crippen molar-refractivity contribution >= 4 is 10.1 Å². The van der Waals surface area contributed by atoms with E-state index in [1.54, 1.807) is 6.92 Å². The molecule has 1 atom stereocenters. The van der Waals surface area contributed by atoms with Gasteiger partial charge in [-0.25, -0.2) is 4.39 Å². The summed E-state index contributed by atoms with van der Waals surface area (Å²) in [6.07, 6.45) is -1.42. The normalized spacial score (nSPS) is 14.0. The van der Waals surface area contributed by atoms with Gasteiger partial charge < -0.3 is 0 Å². The Labute approximate surface area is 82.3 Å². The lowest BCUT2D eigenvalue weighted by Crippen LogP contribution is -2.04. The summed E-state index contributed by atoms with van der Waals surface area (Å²) in [5.41, 5.74) is 0.740. The van der Waals surface area contributed by atoms with Crippen molar-refractivity contribution in [2.24, 2.45) is 0 Å². The molecule has 1 rings (SSSR count). The fourth-order valence-electron chi connectivity index (χ4n) is 1.21. The Bertz CT molecular complexity index is 437. The van der Waals surface area contributed by atoms with Crippen LogP contribution in [0.4, 0.5) is 4.39 Å². The zero-order valence-corrected chi connectivity index (χ0v) is 8.68. The van der Waals surface area contributed by atoms with Crippen molar-refractivity contribution in [2.75, 3.05) is 0 Å². The maximum absolute atomic E-state index is 13.0. The van der Waals surface area contributed by atoms with Crippen molar-refractivity contribution in [3.8, 4) is 0 Å². The van der Waals surface area contributed by atoms with Crippen molar-refractivity contribution in [3.05, 3.63) is 29.3 Å². The average molecular weight is 218 g/mol. The van der Waals surface area contributed by atoms with Crippen LogP contribution in [-0.2, 0) is 10.1 Å². The van der Waals surface area contributed by atoms with Crippen LogP contribution in [0, 0.1) is 6.92 Å². The van der Waals surface area contributed by atoms with Gasteiger partial charge in [-0.15, -0.1) is 0 Å². The number of hydrogen-bond acceptors (Lipinski definition) is 2. The lowest BCUT2D eigenvalue weighted by molar-refractivity contribution is 0.366.